The molecule has 0 aromatic rings. The molecule has 0 spiro atoms. The summed E-state index contributed by atoms with van der Waals surface area (Å²) in [6, 6.07) is 0. The van der Waals surface area contributed by atoms with Crippen molar-refractivity contribution in [1.82, 2.24) is 0 Å². The molecule has 0 aliphatic rings. The standard InChI is InChI=1S/C13H27N/c1-5-7-8-12(4)13(6-2)9-11(3)10-14/h7-8,11-13H,5-6,9-10,14H2,1-4H3. The Bertz CT molecular complexity index is 151. The van der Waals surface area contributed by atoms with Crippen molar-refractivity contribution in [2.24, 2.45) is 23.5 Å². The van der Waals surface area contributed by atoms with Gasteiger partial charge < -0.3 is 5.73 Å². The second-order valence-electron chi connectivity index (χ2n) is 4.44. The monoisotopic (exact) mass is 197 g/mol. The highest BCUT2D eigenvalue weighted by Gasteiger charge is 2.15. The van der Waals surface area contributed by atoms with Gasteiger partial charge in [-0.15, -0.1) is 0 Å². The lowest BCUT2D eigenvalue weighted by atomic mass is 9.84. The Morgan fingerprint density at radius 1 is 1.21 bits per heavy atom. The first kappa shape index (κ1) is 13.7. The maximum Gasteiger partial charge on any atom is -0.00514 e. The lowest BCUT2D eigenvalue weighted by Crippen LogP contribution is -2.18. The summed E-state index contributed by atoms with van der Waals surface area (Å²) in [7, 11) is 0. The van der Waals surface area contributed by atoms with Gasteiger partial charge in [-0.3, -0.25) is 0 Å². The summed E-state index contributed by atoms with van der Waals surface area (Å²) >= 11 is 0. The minimum atomic E-state index is 0.664. The van der Waals surface area contributed by atoms with Crippen LogP contribution in [0.5, 0.6) is 0 Å². The van der Waals surface area contributed by atoms with Crippen LogP contribution in [-0.2, 0) is 0 Å². The number of hydrogen-bond donors (Lipinski definition) is 1. The number of nitrogens with two attached hydrogens (primary N) is 1. The third kappa shape index (κ3) is 5.43. The fraction of sp³-hybridized carbons (Fsp3) is 0.846. The van der Waals surface area contributed by atoms with Crippen LogP contribution in [0.3, 0.4) is 0 Å². The zero-order valence-electron chi connectivity index (χ0n) is 10.3. The van der Waals surface area contributed by atoms with Gasteiger partial charge in [0.1, 0.15) is 0 Å². The minimum absolute atomic E-state index is 0.664. The molecule has 1 heteroatoms. The summed E-state index contributed by atoms with van der Waals surface area (Å²) in [5, 5.41) is 0. The quantitative estimate of drug-likeness (QED) is 0.620. The Balaban J connectivity index is 4.04. The molecule has 3 unspecified atom stereocenters. The molecular formula is C13H27N. The second kappa shape index (κ2) is 8.05. The molecular weight excluding hydrogens is 170 g/mol. The lowest BCUT2D eigenvalue weighted by molar-refractivity contribution is 0.323. The van der Waals surface area contributed by atoms with Crippen LogP contribution in [-0.4, -0.2) is 6.54 Å². The third-order valence-corrected chi connectivity index (χ3v) is 3.05. The van der Waals surface area contributed by atoms with Gasteiger partial charge in [0.2, 0.25) is 0 Å². The van der Waals surface area contributed by atoms with Crippen molar-refractivity contribution >= 4 is 0 Å². The van der Waals surface area contributed by atoms with Gasteiger partial charge in [-0.05, 0) is 37.1 Å². The van der Waals surface area contributed by atoms with Crippen LogP contribution in [0.4, 0.5) is 0 Å². The Morgan fingerprint density at radius 3 is 2.29 bits per heavy atom. The Hall–Kier alpha value is -0.300. The van der Waals surface area contributed by atoms with Crippen LogP contribution in [0, 0.1) is 17.8 Å². The molecule has 84 valence electrons. The van der Waals surface area contributed by atoms with E-state index in [0.29, 0.717) is 11.8 Å². The number of hydrogen-bond acceptors (Lipinski definition) is 1. The van der Waals surface area contributed by atoms with Crippen LogP contribution < -0.4 is 5.73 Å². The van der Waals surface area contributed by atoms with Crippen LogP contribution in [0.25, 0.3) is 0 Å². The smallest absolute Gasteiger partial charge is 0.00514 e. The average molecular weight is 197 g/mol. The van der Waals surface area contributed by atoms with Crippen LogP contribution in [0.1, 0.15) is 47.0 Å². The molecule has 0 heterocycles. The van der Waals surface area contributed by atoms with Crippen molar-refractivity contribution in [2.75, 3.05) is 6.54 Å². The highest BCUT2D eigenvalue weighted by molar-refractivity contribution is 4.89. The Kier molecular flexibility index (Phi) is 7.87. The first-order valence-corrected chi connectivity index (χ1v) is 6.02. The zero-order valence-corrected chi connectivity index (χ0v) is 10.3. The maximum absolute atomic E-state index is 5.66. The van der Waals surface area contributed by atoms with Gasteiger partial charge in [-0.2, -0.15) is 0 Å². The van der Waals surface area contributed by atoms with Crippen LogP contribution in [0.15, 0.2) is 12.2 Å². The molecule has 0 saturated heterocycles. The van der Waals surface area contributed by atoms with Gasteiger partial charge in [-0.25, -0.2) is 0 Å². The molecule has 3 atom stereocenters. The van der Waals surface area contributed by atoms with Gasteiger partial charge >= 0.3 is 0 Å². The van der Waals surface area contributed by atoms with E-state index < -0.39 is 0 Å². The molecule has 0 bridgehead atoms. The summed E-state index contributed by atoms with van der Waals surface area (Å²) < 4.78 is 0. The topological polar surface area (TPSA) is 26.0 Å². The van der Waals surface area contributed by atoms with E-state index >= 15 is 0 Å². The average Bonchev–Trinajstić information content (AvgIpc) is 2.21. The van der Waals surface area contributed by atoms with Crippen LogP contribution >= 0.6 is 0 Å². The van der Waals surface area contributed by atoms with E-state index in [-0.39, 0.29) is 0 Å². The third-order valence-electron chi connectivity index (χ3n) is 3.05. The van der Waals surface area contributed by atoms with Crippen molar-refractivity contribution in [1.29, 1.82) is 0 Å². The van der Waals surface area contributed by atoms with Gasteiger partial charge in [0.15, 0.2) is 0 Å². The molecule has 1 nitrogen and oxygen atoms in total. The molecule has 2 N–H and O–H groups in total. The minimum Gasteiger partial charge on any atom is -0.330 e. The SMILES string of the molecule is CCC=CC(C)C(CC)CC(C)CN. The van der Waals surface area contributed by atoms with Crippen molar-refractivity contribution in [3.05, 3.63) is 12.2 Å². The van der Waals surface area contributed by atoms with E-state index in [1.165, 1.54) is 12.8 Å². The molecule has 0 rings (SSSR count). The van der Waals surface area contributed by atoms with E-state index in [4.69, 9.17) is 5.73 Å². The predicted octanol–water partition coefficient (Wildman–Crippen LogP) is 3.60. The van der Waals surface area contributed by atoms with E-state index in [1.54, 1.807) is 0 Å². The van der Waals surface area contributed by atoms with Gasteiger partial charge in [0.05, 0.1) is 0 Å². The second-order valence-corrected chi connectivity index (χ2v) is 4.44. The van der Waals surface area contributed by atoms with E-state index in [0.717, 1.165) is 18.9 Å². The Morgan fingerprint density at radius 2 is 1.86 bits per heavy atom. The molecule has 0 aliphatic heterocycles. The molecule has 0 aromatic heterocycles. The highest BCUT2D eigenvalue weighted by Crippen LogP contribution is 2.24. The number of rotatable bonds is 7. The molecule has 14 heavy (non-hydrogen) atoms. The number of allylic oxidation sites excluding steroid dienone is 2. The van der Waals surface area contributed by atoms with Crippen molar-refractivity contribution in [2.45, 2.75) is 47.0 Å². The molecule has 0 radical (unpaired) electrons. The summed E-state index contributed by atoms with van der Waals surface area (Å²) in [4.78, 5) is 0. The van der Waals surface area contributed by atoms with Crippen molar-refractivity contribution < 1.29 is 0 Å². The van der Waals surface area contributed by atoms with Gasteiger partial charge in [0, 0.05) is 0 Å². The van der Waals surface area contributed by atoms with Crippen molar-refractivity contribution in [3.63, 3.8) is 0 Å². The fourth-order valence-electron chi connectivity index (χ4n) is 1.87. The highest BCUT2D eigenvalue weighted by atomic mass is 14.5. The maximum atomic E-state index is 5.66. The summed E-state index contributed by atoms with van der Waals surface area (Å²) in [6.07, 6.45) is 8.31. The van der Waals surface area contributed by atoms with Crippen molar-refractivity contribution in [3.8, 4) is 0 Å². The first-order valence-electron chi connectivity index (χ1n) is 6.02. The van der Waals surface area contributed by atoms with E-state index in [1.807, 2.05) is 0 Å². The summed E-state index contributed by atoms with van der Waals surface area (Å²) in [5.74, 6) is 2.17. The van der Waals surface area contributed by atoms with Gasteiger partial charge in [0.25, 0.3) is 0 Å². The predicted molar refractivity (Wildman–Crippen MR) is 65.2 cm³/mol. The Labute approximate surface area is 89.8 Å². The van der Waals surface area contributed by atoms with E-state index in [9.17, 15) is 0 Å². The first-order chi connectivity index (χ1) is 6.65. The van der Waals surface area contributed by atoms with Gasteiger partial charge in [-0.1, -0.05) is 46.3 Å². The zero-order chi connectivity index (χ0) is 11.0. The largest absolute Gasteiger partial charge is 0.330 e. The fourth-order valence-corrected chi connectivity index (χ4v) is 1.87. The molecule has 0 amide bonds. The molecule has 0 aliphatic carbocycles. The molecule has 0 saturated carbocycles. The molecule has 0 fully saturated rings. The lowest BCUT2D eigenvalue weighted by Gasteiger charge is -2.22. The normalized spacial score (nSPS) is 18.4. The molecule has 0 aromatic carbocycles. The van der Waals surface area contributed by atoms with Crippen LogP contribution in [0.2, 0.25) is 0 Å². The summed E-state index contributed by atoms with van der Waals surface area (Å²) in [6.45, 7) is 9.86. The summed E-state index contributed by atoms with van der Waals surface area (Å²) in [5.41, 5.74) is 5.66. The van der Waals surface area contributed by atoms with E-state index in [2.05, 4.69) is 39.8 Å².